The Balaban J connectivity index is 0.000000251. The summed E-state index contributed by atoms with van der Waals surface area (Å²) in [6.45, 7) is 12.7. The Hall–Kier alpha value is -4.86. The van der Waals surface area contributed by atoms with E-state index in [1.54, 1.807) is 91.5 Å². The largest absolute Gasteiger partial charge is 0.481 e. The molecule has 0 spiro atoms. The predicted molar refractivity (Wildman–Crippen MR) is 174 cm³/mol. The van der Waals surface area contributed by atoms with E-state index in [1.807, 2.05) is 30.3 Å². The summed E-state index contributed by atoms with van der Waals surface area (Å²) in [5.74, 6) is -4.06. The molecule has 46 heavy (non-hydrogen) atoms. The SMILES string of the molecule is CC(C)(C)OC(=O)CC(C(=O)O)c1cccc2cnccc12.CCOC(=O)C(CC(=O)OC(C)(C)C)c1cccc2cnccc12. The van der Waals surface area contributed by atoms with Gasteiger partial charge in [0.2, 0.25) is 0 Å². The molecule has 0 aliphatic rings. The van der Waals surface area contributed by atoms with Crippen LogP contribution in [0.1, 0.15) is 84.3 Å². The average Bonchev–Trinajstić information content (AvgIpc) is 2.97. The van der Waals surface area contributed by atoms with Crippen LogP contribution in [0.2, 0.25) is 0 Å². The molecule has 4 rings (SSSR count). The lowest BCUT2D eigenvalue weighted by molar-refractivity contribution is -0.159. The normalized spacial score (nSPS) is 12.8. The number of esters is 3. The van der Waals surface area contributed by atoms with Gasteiger partial charge in [0.15, 0.2) is 0 Å². The van der Waals surface area contributed by atoms with Crippen molar-refractivity contribution in [3.8, 4) is 0 Å². The van der Waals surface area contributed by atoms with Crippen molar-refractivity contribution in [3.63, 3.8) is 0 Å². The number of nitrogens with zero attached hydrogens (tertiary/aromatic N) is 2. The molecule has 2 aromatic heterocycles. The third-order valence-corrected chi connectivity index (χ3v) is 6.63. The Labute approximate surface area is 269 Å². The third-order valence-electron chi connectivity index (χ3n) is 6.63. The van der Waals surface area contributed by atoms with Crippen LogP contribution in [0.4, 0.5) is 0 Å². The maximum Gasteiger partial charge on any atom is 0.314 e. The second-order valence-corrected chi connectivity index (χ2v) is 12.7. The molecule has 1 N–H and O–H groups in total. The van der Waals surface area contributed by atoms with Crippen molar-refractivity contribution in [2.75, 3.05) is 6.61 Å². The molecule has 10 nitrogen and oxygen atoms in total. The second-order valence-electron chi connectivity index (χ2n) is 12.7. The number of carbonyl (C=O) groups excluding carboxylic acids is 3. The predicted octanol–water partition coefficient (Wildman–Crippen LogP) is 6.75. The smallest absolute Gasteiger partial charge is 0.314 e. The number of carboxylic acid groups (broad SMARTS) is 1. The molecule has 4 aromatic rings. The van der Waals surface area contributed by atoms with Crippen molar-refractivity contribution in [2.45, 2.75) is 84.3 Å². The zero-order valence-corrected chi connectivity index (χ0v) is 27.4. The van der Waals surface area contributed by atoms with Crippen LogP contribution in [-0.2, 0) is 33.4 Å². The highest BCUT2D eigenvalue weighted by molar-refractivity contribution is 5.93. The topological polar surface area (TPSA) is 142 Å². The van der Waals surface area contributed by atoms with E-state index < -0.39 is 46.9 Å². The Morgan fingerprint density at radius 3 is 1.54 bits per heavy atom. The van der Waals surface area contributed by atoms with Crippen LogP contribution in [0.3, 0.4) is 0 Å². The molecule has 2 atom stereocenters. The summed E-state index contributed by atoms with van der Waals surface area (Å²) in [6.07, 6.45) is 6.42. The van der Waals surface area contributed by atoms with Gasteiger partial charge in [-0.3, -0.25) is 29.1 Å². The van der Waals surface area contributed by atoms with E-state index in [0.29, 0.717) is 5.56 Å². The van der Waals surface area contributed by atoms with Crippen molar-refractivity contribution in [1.82, 2.24) is 9.97 Å². The summed E-state index contributed by atoms with van der Waals surface area (Å²) >= 11 is 0. The minimum Gasteiger partial charge on any atom is -0.481 e. The molecule has 244 valence electrons. The van der Waals surface area contributed by atoms with E-state index in [0.717, 1.165) is 27.1 Å². The zero-order chi connectivity index (χ0) is 34.1. The molecular weight excluding hydrogens is 588 g/mol. The molecule has 0 saturated heterocycles. The lowest BCUT2D eigenvalue weighted by Gasteiger charge is -2.22. The number of carboxylic acids is 1. The lowest BCUT2D eigenvalue weighted by atomic mass is 9.91. The number of fused-ring (bicyclic) bond motifs is 2. The highest BCUT2D eigenvalue weighted by Crippen LogP contribution is 2.31. The second kappa shape index (κ2) is 15.4. The van der Waals surface area contributed by atoms with Crippen LogP contribution in [0, 0.1) is 0 Å². The molecule has 2 aromatic carbocycles. The lowest BCUT2D eigenvalue weighted by Crippen LogP contribution is -2.27. The van der Waals surface area contributed by atoms with Crippen molar-refractivity contribution >= 4 is 45.4 Å². The number of ether oxygens (including phenoxy) is 3. The number of hydrogen-bond acceptors (Lipinski definition) is 9. The van der Waals surface area contributed by atoms with Gasteiger partial charge in [0, 0.05) is 35.6 Å². The van der Waals surface area contributed by atoms with E-state index >= 15 is 0 Å². The molecule has 0 aliphatic carbocycles. The van der Waals surface area contributed by atoms with Crippen molar-refractivity contribution in [2.24, 2.45) is 0 Å². The molecule has 2 heterocycles. The Morgan fingerprint density at radius 1 is 0.696 bits per heavy atom. The van der Waals surface area contributed by atoms with Gasteiger partial charge in [0.1, 0.15) is 11.2 Å². The van der Waals surface area contributed by atoms with Gasteiger partial charge >= 0.3 is 23.9 Å². The van der Waals surface area contributed by atoms with Crippen LogP contribution in [0.25, 0.3) is 21.5 Å². The summed E-state index contributed by atoms with van der Waals surface area (Å²) < 4.78 is 15.8. The van der Waals surface area contributed by atoms with E-state index in [-0.39, 0.29) is 19.4 Å². The number of pyridine rings is 2. The standard InChI is InChI=1S/C19H23NO4.C17H19NO4/c1-5-23-18(22)16(11-17(21)24-19(2,3)4)15-8-6-7-13-12-20-10-9-14(13)15;1-17(2,3)22-15(19)9-14(16(20)21)13-6-4-5-11-10-18-8-7-12(11)13/h6-10,12,16H,5,11H2,1-4H3;4-8,10,14H,9H2,1-3H3,(H,20,21). The monoisotopic (exact) mass is 630 g/mol. The first-order valence-corrected chi connectivity index (χ1v) is 15.1. The Bertz CT molecular complexity index is 1680. The van der Waals surface area contributed by atoms with Gasteiger partial charge in [-0.15, -0.1) is 0 Å². The molecule has 0 bridgehead atoms. The number of benzene rings is 2. The first-order chi connectivity index (χ1) is 21.6. The van der Waals surface area contributed by atoms with E-state index in [9.17, 15) is 24.3 Å². The van der Waals surface area contributed by atoms with Crippen molar-refractivity contribution in [1.29, 1.82) is 0 Å². The summed E-state index contributed by atoms with van der Waals surface area (Å²) in [5.41, 5.74) is 0.111. The van der Waals surface area contributed by atoms with Crippen LogP contribution < -0.4 is 0 Å². The molecule has 0 aliphatic heterocycles. The molecule has 2 unspecified atom stereocenters. The van der Waals surface area contributed by atoms with Gasteiger partial charge in [-0.2, -0.15) is 0 Å². The first-order valence-electron chi connectivity index (χ1n) is 15.1. The minimum absolute atomic E-state index is 0.0580. The van der Waals surface area contributed by atoms with Gasteiger partial charge in [0.05, 0.1) is 31.3 Å². The quantitative estimate of drug-likeness (QED) is 0.156. The number of rotatable bonds is 9. The van der Waals surface area contributed by atoms with E-state index in [2.05, 4.69) is 9.97 Å². The molecule has 0 fully saturated rings. The van der Waals surface area contributed by atoms with Gasteiger partial charge in [-0.25, -0.2) is 0 Å². The minimum atomic E-state index is -1.05. The van der Waals surface area contributed by atoms with Gasteiger partial charge in [-0.1, -0.05) is 36.4 Å². The Morgan fingerprint density at radius 2 is 1.13 bits per heavy atom. The number of aromatic nitrogens is 2. The van der Waals surface area contributed by atoms with E-state index in [1.165, 1.54) is 0 Å². The summed E-state index contributed by atoms with van der Waals surface area (Å²) in [7, 11) is 0. The molecule has 10 heteroatoms. The third kappa shape index (κ3) is 10.4. The van der Waals surface area contributed by atoms with Crippen LogP contribution >= 0.6 is 0 Å². The summed E-state index contributed by atoms with van der Waals surface area (Å²) in [6, 6.07) is 14.6. The first kappa shape index (κ1) is 35.6. The number of carbonyl (C=O) groups is 4. The van der Waals surface area contributed by atoms with Gasteiger partial charge in [0.25, 0.3) is 0 Å². The van der Waals surface area contributed by atoms with Crippen molar-refractivity contribution < 1.29 is 38.5 Å². The molecule has 0 amide bonds. The van der Waals surface area contributed by atoms with Crippen LogP contribution in [0.5, 0.6) is 0 Å². The number of aliphatic carboxylic acids is 1. The van der Waals surface area contributed by atoms with E-state index in [4.69, 9.17) is 14.2 Å². The highest BCUT2D eigenvalue weighted by atomic mass is 16.6. The van der Waals surface area contributed by atoms with Crippen LogP contribution in [0.15, 0.2) is 73.3 Å². The molecular formula is C36H42N2O8. The number of hydrogen-bond donors (Lipinski definition) is 1. The van der Waals surface area contributed by atoms with Gasteiger partial charge in [-0.05, 0) is 82.5 Å². The summed E-state index contributed by atoms with van der Waals surface area (Å²) in [4.78, 5) is 56.4. The molecule has 0 saturated carbocycles. The fourth-order valence-electron chi connectivity index (χ4n) is 4.90. The Kier molecular flexibility index (Phi) is 11.9. The maximum absolute atomic E-state index is 12.4. The summed E-state index contributed by atoms with van der Waals surface area (Å²) in [5, 5.41) is 12.9. The van der Waals surface area contributed by atoms with Crippen molar-refractivity contribution in [3.05, 3.63) is 84.4 Å². The van der Waals surface area contributed by atoms with Gasteiger partial charge < -0.3 is 19.3 Å². The van der Waals surface area contributed by atoms with Crippen LogP contribution in [-0.4, -0.2) is 56.8 Å². The fraction of sp³-hybridized carbons (Fsp3) is 0.389. The maximum atomic E-state index is 12.4. The fourth-order valence-corrected chi connectivity index (χ4v) is 4.90. The highest BCUT2D eigenvalue weighted by Gasteiger charge is 2.30. The zero-order valence-electron chi connectivity index (χ0n) is 27.4. The molecule has 0 radical (unpaired) electrons. The average molecular weight is 631 g/mol.